The average molecular weight is 413 g/mol. The number of hydrogen-bond donors (Lipinski definition) is 1. The molecular weight excluding hydrogens is 393 g/mol. The lowest BCUT2D eigenvalue weighted by Crippen LogP contribution is -2.31. The number of rotatable bonds is 7. The average Bonchev–Trinajstić information content (AvgIpc) is 2.70. The molecule has 0 spiro atoms. The molecule has 0 atom stereocenters. The molecule has 0 fully saturated rings. The SMILES string of the molecule is Cc1ccc(/C=C/S(=O)(=O)NCCn2nc(-c3ccc(F)cc3)ccc2=O)cc1. The van der Waals surface area contributed by atoms with Crippen molar-refractivity contribution in [3.05, 3.63) is 93.4 Å². The molecule has 1 aromatic heterocycles. The number of nitrogens with zero attached hydrogens (tertiary/aromatic N) is 2. The largest absolute Gasteiger partial charge is 0.268 e. The molecule has 0 amide bonds. The molecule has 0 radical (unpaired) electrons. The maximum atomic E-state index is 13.1. The van der Waals surface area contributed by atoms with E-state index in [2.05, 4.69) is 9.82 Å². The second-order valence-corrected chi connectivity index (χ2v) is 8.09. The Hall–Kier alpha value is -3.10. The number of aromatic nitrogens is 2. The summed E-state index contributed by atoms with van der Waals surface area (Å²) in [7, 11) is -3.66. The summed E-state index contributed by atoms with van der Waals surface area (Å²) < 4.78 is 40.9. The van der Waals surface area contributed by atoms with Crippen molar-refractivity contribution < 1.29 is 12.8 Å². The summed E-state index contributed by atoms with van der Waals surface area (Å²) >= 11 is 0. The van der Waals surface area contributed by atoms with E-state index in [0.717, 1.165) is 16.5 Å². The number of benzene rings is 2. The predicted octanol–water partition coefficient (Wildman–Crippen LogP) is 2.95. The van der Waals surface area contributed by atoms with Crippen LogP contribution in [0.4, 0.5) is 4.39 Å². The summed E-state index contributed by atoms with van der Waals surface area (Å²) in [5.41, 5.74) is 2.65. The van der Waals surface area contributed by atoms with Crippen LogP contribution in [0.15, 0.2) is 70.9 Å². The first kappa shape index (κ1) is 20.6. The molecule has 1 N–H and O–H groups in total. The van der Waals surface area contributed by atoms with Crippen LogP contribution in [0.5, 0.6) is 0 Å². The second kappa shape index (κ2) is 8.93. The lowest BCUT2D eigenvalue weighted by molar-refractivity contribution is 0.554. The van der Waals surface area contributed by atoms with E-state index in [1.54, 1.807) is 18.2 Å². The molecule has 0 saturated heterocycles. The zero-order valence-electron chi connectivity index (χ0n) is 15.7. The van der Waals surface area contributed by atoms with E-state index in [-0.39, 0.29) is 24.5 Å². The number of halogens is 1. The Labute approximate surface area is 168 Å². The Bertz CT molecular complexity index is 1170. The summed E-state index contributed by atoms with van der Waals surface area (Å²) in [6.07, 6.45) is 1.50. The van der Waals surface area contributed by atoms with Gasteiger partial charge in [0.25, 0.3) is 5.56 Å². The van der Waals surface area contributed by atoms with Crippen molar-refractivity contribution in [1.29, 1.82) is 0 Å². The minimum absolute atomic E-state index is 0.000346. The zero-order chi connectivity index (χ0) is 20.9. The van der Waals surface area contributed by atoms with E-state index in [1.807, 2.05) is 31.2 Å². The Kier molecular flexibility index (Phi) is 6.36. The van der Waals surface area contributed by atoms with E-state index in [0.29, 0.717) is 11.3 Å². The highest BCUT2D eigenvalue weighted by molar-refractivity contribution is 7.92. The van der Waals surface area contributed by atoms with Gasteiger partial charge < -0.3 is 0 Å². The third-order valence-electron chi connectivity index (χ3n) is 4.15. The van der Waals surface area contributed by atoms with E-state index >= 15 is 0 Å². The molecule has 8 heteroatoms. The zero-order valence-corrected chi connectivity index (χ0v) is 16.6. The van der Waals surface area contributed by atoms with E-state index in [9.17, 15) is 17.6 Å². The second-order valence-electron chi connectivity index (χ2n) is 6.44. The van der Waals surface area contributed by atoms with Gasteiger partial charge >= 0.3 is 0 Å². The van der Waals surface area contributed by atoms with Crippen LogP contribution in [-0.2, 0) is 16.6 Å². The summed E-state index contributed by atoms with van der Waals surface area (Å²) in [4.78, 5) is 12.0. The van der Waals surface area contributed by atoms with Gasteiger partial charge in [0.15, 0.2) is 0 Å². The molecule has 0 saturated carbocycles. The molecule has 0 aliphatic carbocycles. The van der Waals surface area contributed by atoms with Gasteiger partial charge in [-0.15, -0.1) is 0 Å². The van der Waals surface area contributed by atoms with Crippen molar-refractivity contribution >= 4 is 16.1 Å². The number of hydrogen-bond acceptors (Lipinski definition) is 4. The first-order valence-electron chi connectivity index (χ1n) is 8.91. The van der Waals surface area contributed by atoms with Gasteiger partial charge in [-0.2, -0.15) is 5.10 Å². The minimum atomic E-state index is -3.66. The van der Waals surface area contributed by atoms with Gasteiger partial charge in [0.1, 0.15) is 5.82 Å². The van der Waals surface area contributed by atoms with Crippen molar-refractivity contribution in [2.24, 2.45) is 0 Å². The Balaban J connectivity index is 1.64. The van der Waals surface area contributed by atoms with Crippen LogP contribution in [0.3, 0.4) is 0 Å². The van der Waals surface area contributed by atoms with Crippen LogP contribution in [0.2, 0.25) is 0 Å². The first-order chi connectivity index (χ1) is 13.8. The van der Waals surface area contributed by atoms with Crippen molar-refractivity contribution in [3.8, 4) is 11.3 Å². The fourth-order valence-electron chi connectivity index (χ4n) is 2.57. The van der Waals surface area contributed by atoms with Crippen LogP contribution in [-0.4, -0.2) is 24.7 Å². The highest BCUT2D eigenvalue weighted by Gasteiger charge is 2.07. The standard InChI is InChI=1S/C21H20FN3O3S/c1-16-2-4-17(5-3-16)12-15-29(27,28)23-13-14-25-21(26)11-10-20(24-25)18-6-8-19(22)9-7-18/h2-12,15,23H,13-14H2,1H3/b15-12+. The van der Waals surface area contributed by atoms with Crippen molar-refractivity contribution in [3.63, 3.8) is 0 Å². The summed E-state index contributed by atoms with van der Waals surface area (Å²) in [6.45, 7) is 2.01. The van der Waals surface area contributed by atoms with E-state index in [1.165, 1.54) is 29.0 Å². The van der Waals surface area contributed by atoms with Gasteiger partial charge in [-0.25, -0.2) is 22.2 Å². The molecule has 150 valence electrons. The smallest absolute Gasteiger partial charge is 0.266 e. The van der Waals surface area contributed by atoms with Gasteiger partial charge in [-0.1, -0.05) is 29.8 Å². The Morgan fingerprint density at radius 2 is 1.72 bits per heavy atom. The molecule has 0 bridgehead atoms. The third-order valence-corrected chi connectivity index (χ3v) is 5.25. The minimum Gasteiger partial charge on any atom is -0.268 e. The molecule has 29 heavy (non-hydrogen) atoms. The highest BCUT2D eigenvalue weighted by Crippen LogP contribution is 2.15. The quantitative estimate of drug-likeness (QED) is 0.646. The lowest BCUT2D eigenvalue weighted by Gasteiger charge is -2.08. The summed E-state index contributed by atoms with van der Waals surface area (Å²) in [5, 5.41) is 5.31. The molecule has 3 aromatic rings. The Morgan fingerprint density at radius 1 is 1.03 bits per heavy atom. The van der Waals surface area contributed by atoms with E-state index < -0.39 is 10.0 Å². The summed E-state index contributed by atoms with van der Waals surface area (Å²) in [5.74, 6) is -0.366. The van der Waals surface area contributed by atoms with Crippen LogP contribution < -0.4 is 10.3 Å². The molecule has 3 rings (SSSR count). The molecular formula is C21H20FN3O3S. The molecule has 0 unspecified atom stereocenters. The molecule has 0 aliphatic heterocycles. The third kappa shape index (κ3) is 5.94. The molecule has 0 aliphatic rings. The number of nitrogens with one attached hydrogen (secondary N) is 1. The van der Waals surface area contributed by atoms with Crippen LogP contribution in [0.25, 0.3) is 17.3 Å². The topological polar surface area (TPSA) is 81.1 Å². The van der Waals surface area contributed by atoms with Gasteiger partial charge in [0.2, 0.25) is 10.0 Å². The van der Waals surface area contributed by atoms with Gasteiger partial charge in [0.05, 0.1) is 12.2 Å². The van der Waals surface area contributed by atoms with Crippen molar-refractivity contribution in [2.45, 2.75) is 13.5 Å². The molecule has 1 heterocycles. The normalized spacial score (nSPS) is 11.8. The first-order valence-corrected chi connectivity index (χ1v) is 10.5. The highest BCUT2D eigenvalue weighted by atomic mass is 32.2. The van der Waals surface area contributed by atoms with Crippen molar-refractivity contribution in [2.75, 3.05) is 6.54 Å². The maximum absolute atomic E-state index is 13.1. The lowest BCUT2D eigenvalue weighted by atomic mass is 10.1. The van der Waals surface area contributed by atoms with Crippen LogP contribution in [0, 0.1) is 12.7 Å². The van der Waals surface area contributed by atoms with E-state index in [4.69, 9.17) is 0 Å². The van der Waals surface area contributed by atoms with Crippen molar-refractivity contribution in [1.82, 2.24) is 14.5 Å². The van der Waals surface area contributed by atoms with Gasteiger partial charge in [0, 0.05) is 23.6 Å². The van der Waals surface area contributed by atoms with Gasteiger partial charge in [-0.05, 0) is 48.9 Å². The van der Waals surface area contributed by atoms with Crippen LogP contribution >= 0.6 is 0 Å². The Morgan fingerprint density at radius 3 is 2.41 bits per heavy atom. The molecule has 6 nitrogen and oxygen atoms in total. The number of aryl methyl sites for hydroxylation is 1. The fraction of sp³-hybridized carbons (Fsp3) is 0.143. The summed E-state index contributed by atoms with van der Waals surface area (Å²) in [6, 6.07) is 16.1. The van der Waals surface area contributed by atoms with Crippen LogP contribution in [0.1, 0.15) is 11.1 Å². The van der Waals surface area contributed by atoms with Gasteiger partial charge in [-0.3, -0.25) is 4.79 Å². The molecule has 2 aromatic carbocycles. The fourth-order valence-corrected chi connectivity index (χ4v) is 3.38. The predicted molar refractivity (Wildman–Crippen MR) is 111 cm³/mol. The maximum Gasteiger partial charge on any atom is 0.266 e. The monoisotopic (exact) mass is 413 g/mol. The number of sulfonamides is 1.